The summed E-state index contributed by atoms with van der Waals surface area (Å²) in [7, 11) is 1.63. The summed E-state index contributed by atoms with van der Waals surface area (Å²) >= 11 is 0. The number of hydrogen-bond acceptors (Lipinski definition) is 2. The summed E-state index contributed by atoms with van der Waals surface area (Å²) in [6, 6.07) is 25.9. The molecule has 0 saturated heterocycles. The molecule has 0 aliphatic heterocycles. The van der Waals surface area contributed by atoms with Crippen LogP contribution in [0.4, 0.5) is 0 Å². The van der Waals surface area contributed by atoms with E-state index >= 15 is 0 Å². The number of carbonyl (C=O) groups excluding carboxylic acids is 2. The van der Waals surface area contributed by atoms with Crippen LogP contribution in [0, 0.1) is 6.92 Å². The highest BCUT2D eigenvalue weighted by molar-refractivity contribution is 5.88. The molecule has 0 bridgehead atoms. The normalized spacial score (nSPS) is 11.8. The maximum absolute atomic E-state index is 13.6. The second-order valence-electron chi connectivity index (χ2n) is 9.23. The van der Waals surface area contributed by atoms with Gasteiger partial charge in [0.25, 0.3) is 0 Å². The average Bonchev–Trinajstić information content (AvgIpc) is 2.85. The zero-order valence-electron chi connectivity index (χ0n) is 20.8. The lowest BCUT2D eigenvalue weighted by atomic mass is 9.99. The second-order valence-corrected chi connectivity index (χ2v) is 9.23. The molecule has 1 N–H and O–H groups in total. The van der Waals surface area contributed by atoms with Crippen LogP contribution in [0.5, 0.6) is 0 Å². The Hall–Kier alpha value is -3.40. The SMILES string of the molecule is CNC(=O)[C@H](Cc1ccccc1)N(Cc1cccc(C)c1)C(=O)CCc1ccc(C(C)C)cc1. The summed E-state index contributed by atoms with van der Waals surface area (Å²) in [5.74, 6) is 0.317. The molecular formula is C30H36N2O2. The lowest BCUT2D eigenvalue weighted by Gasteiger charge is -2.31. The maximum atomic E-state index is 13.6. The largest absolute Gasteiger partial charge is 0.357 e. The monoisotopic (exact) mass is 456 g/mol. The quantitative estimate of drug-likeness (QED) is 0.442. The van der Waals surface area contributed by atoms with Gasteiger partial charge in [0.2, 0.25) is 11.8 Å². The molecule has 0 fully saturated rings. The Morgan fingerprint density at radius 1 is 0.853 bits per heavy atom. The minimum Gasteiger partial charge on any atom is -0.357 e. The molecule has 0 radical (unpaired) electrons. The van der Waals surface area contributed by atoms with Crippen molar-refractivity contribution in [2.75, 3.05) is 7.05 Å². The van der Waals surface area contributed by atoms with Crippen LogP contribution in [0.3, 0.4) is 0 Å². The van der Waals surface area contributed by atoms with Gasteiger partial charge in [-0.1, -0.05) is 98.3 Å². The molecule has 34 heavy (non-hydrogen) atoms. The van der Waals surface area contributed by atoms with Crippen molar-refractivity contribution in [2.24, 2.45) is 0 Å². The number of benzene rings is 3. The molecule has 0 spiro atoms. The van der Waals surface area contributed by atoms with Crippen molar-refractivity contribution in [1.29, 1.82) is 0 Å². The van der Waals surface area contributed by atoms with Crippen LogP contribution in [0.25, 0.3) is 0 Å². The molecule has 0 aliphatic carbocycles. The van der Waals surface area contributed by atoms with Gasteiger partial charge >= 0.3 is 0 Å². The molecule has 0 unspecified atom stereocenters. The van der Waals surface area contributed by atoms with E-state index in [-0.39, 0.29) is 11.8 Å². The van der Waals surface area contributed by atoms with Crippen molar-refractivity contribution >= 4 is 11.8 Å². The van der Waals surface area contributed by atoms with Crippen molar-refractivity contribution < 1.29 is 9.59 Å². The van der Waals surface area contributed by atoms with E-state index in [4.69, 9.17) is 0 Å². The highest BCUT2D eigenvalue weighted by Crippen LogP contribution is 2.19. The van der Waals surface area contributed by atoms with Crippen molar-refractivity contribution in [3.8, 4) is 0 Å². The number of rotatable bonds is 10. The minimum absolute atomic E-state index is 0.0148. The predicted octanol–water partition coefficient (Wildman–Crippen LogP) is 5.44. The van der Waals surface area contributed by atoms with Crippen molar-refractivity contribution in [3.05, 3.63) is 107 Å². The Kier molecular flexibility index (Phi) is 9.03. The van der Waals surface area contributed by atoms with E-state index in [1.54, 1.807) is 11.9 Å². The molecule has 2 amide bonds. The number of likely N-dealkylation sites (N-methyl/N-ethyl adjacent to an activating group) is 1. The van der Waals surface area contributed by atoms with Crippen molar-refractivity contribution in [3.63, 3.8) is 0 Å². The third-order valence-corrected chi connectivity index (χ3v) is 6.23. The van der Waals surface area contributed by atoms with Gasteiger partial charge in [-0.3, -0.25) is 9.59 Å². The number of nitrogens with one attached hydrogen (secondary N) is 1. The van der Waals surface area contributed by atoms with E-state index in [0.29, 0.717) is 31.7 Å². The fraction of sp³-hybridized carbons (Fsp3) is 0.333. The Morgan fingerprint density at radius 2 is 1.53 bits per heavy atom. The lowest BCUT2D eigenvalue weighted by Crippen LogP contribution is -2.49. The summed E-state index contributed by atoms with van der Waals surface area (Å²) in [5.41, 5.74) is 5.61. The Bertz CT molecular complexity index is 1070. The first-order chi connectivity index (χ1) is 16.4. The lowest BCUT2D eigenvalue weighted by molar-refractivity contribution is -0.141. The third-order valence-electron chi connectivity index (χ3n) is 6.23. The van der Waals surface area contributed by atoms with Crippen molar-refractivity contribution in [1.82, 2.24) is 10.2 Å². The number of amides is 2. The van der Waals surface area contributed by atoms with E-state index in [1.165, 1.54) is 5.56 Å². The van der Waals surface area contributed by atoms with E-state index in [2.05, 4.69) is 49.5 Å². The van der Waals surface area contributed by atoms with Crippen LogP contribution < -0.4 is 5.32 Å². The molecule has 0 heterocycles. The van der Waals surface area contributed by atoms with Crippen LogP contribution >= 0.6 is 0 Å². The maximum Gasteiger partial charge on any atom is 0.242 e. The first-order valence-corrected chi connectivity index (χ1v) is 12.1. The standard InChI is InChI=1S/C30H36N2O2/c1-22(2)27-16-13-24(14-17-27)15-18-29(33)32(21-26-12-8-9-23(3)19-26)28(30(34)31-4)20-25-10-6-5-7-11-25/h5-14,16-17,19,22,28H,15,18,20-21H2,1-4H3,(H,31,34)/t28-/m0/s1. The van der Waals surface area contributed by atoms with E-state index in [0.717, 1.165) is 22.3 Å². The van der Waals surface area contributed by atoms with E-state index < -0.39 is 6.04 Å². The molecule has 4 heteroatoms. The fourth-order valence-electron chi connectivity index (χ4n) is 4.19. The summed E-state index contributed by atoms with van der Waals surface area (Å²) in [4.78, 5) is 28.3. The Balaban J connectivity index is 1.84. The molecule has 0 aliphatic rings. The number of aryl methyl sites for hydroxylation is 2. The molecular weight excluding hydrogens is 420 g/mol. The van der Waals surface area contributed by atoms with Gasteiger partial charge in [0, 0.05) is 26.4 Å². The predicted molar refractivity (Wildman–Crippen MR) is 139 cm³/mol. The first kappa shape index (κ1) is 25.2. The average molecular weight is 457 g/mol. The van der Waals surface area contributed by atoms with Gasteiger partial charge in [0.15, 0.2) is 0 Å². The molecule has 3 aromatic rings. The van der Waals surface area contributed by atoms with Gasteiger partial charge in [0.05, 0.1) is 0 Å². The molecule has 178 valence electrons. The number of hydrogen-bond donors (Lipinski definition) is 1. The Labute approximate surface area is 204 Å². The topological polar surface area (TPSA) is 49.4 Å². The van der Waals surface area contributed by atoms with Gasteiger partial charge in [-0.15, -0.1) is 0 Å². The smallest absolute Gasteiger partial charge is 0.242 e. The van der Waals surface area contributed by atoms with E-state index in [1.807, 2.05) is 55.5 Å². The van der Waals surface area contributed by atoms with Gasteiger partial charge in [-0.05, 0) is 41.5 Å². The summed E-state index contributed by atoms with van der Waals surface area (Å²) < 4.78 is 0. The second kappa shape index (κ2) is 12.2. The highest BCUT2D eigenvalue weighted by Gasteiger charge is 2.29. The molecule has 3 aromatic carbocycles. The number of nitrogens with zero attached hydrogens (tertiary/aromatic N) is 1. The summed E-state index contributed by atoms with van der Waals surface area (Å²) in [6.07, 6.45) is 1.48. The third kappa shape index (κ3) is 7.05. The van der Waals surface area contributed by atoms with E-state index in [9.17, 15) is 9.59 Å². The molecule has 1 atom stereocenters. The van der Waals surface area contributed by atoms with Gasteiger partial charge < -0.3 is 10.2 Å². The zero-order chi connectivity index (χ0) is 24.5. The highest BCUT2D eigenvalue weighted by atomic mass is 16.2. The van der Waals surface area contributed by atoms with Crippen LogP contribution in [-0.4, -0.2) is 29.8 Å². The van der Waals surface area contributed by atoms with Gasteiger partial charge in [0.1, 0.15) is 6.04 Å². The zero-order valence-corrected chi connectivity index (χ0v) is 20.8. The van der Waals surface area contributed by atoms with Gasteiger partial charge in [-0.25, -0.2) is 0 Å². The number of carbonyl (C=O) groups is 2. The van der Waals surface area contributed by atoms with Crippen LogP contribution in [-0.2, 0) is 29.0 Å². The van der Waals surface area contributed by atoms with Crippen LogP contribution in [0.1, 0.15) is 54.0 Å². The fourth-order valence-corrected chi connectivity index (χ4v) is 4.19. The van der Waals surface area contributed by atoms with Crippen LogP contribution in [0.2, 0.25) is 0 Å². The first-order valence-electron chi connectivity index (χ1n) is 12.1. The summed E-state index contributed by atoms with van der Waals surface area (Å²) in [6.45, 7) is 6.79. The van der Waals surface area contributed by atoms with Gasteiger partial charge in [-0.2, -0.15) is 0 Å². The van der Waals surface area contributed by atoms with Crippen LogP contribution in [0.15, 0.2) is 78.9 Å². The minimum atomic E-state index is -0.580. The molecule has 0 saturated carbocycles. The molecule has 0 aromatic heterocycles. The van der Waals surface area contributed by atoms with Crippen molar-refractivity contribution in [2.45, 2.75) is 58.5 Å². The molecule has 3 rings (SSSR count). The summed E-state index contributed by atoms with van der Waals surface area (Å²) in [5, 5.41) is 2.78. The Morgan fingerprint density at radius 3 is 2.15 bits per heavy atom. The molecule has 4 nitrogen and oxygen atoms in total.